The van der Waals surface area contributed by atoms with Gasteiger partial charge in [-0.2, -0.15) is 8.42 Å². The van der Waals surface area contributed by atoms with Gasteiger partial charge in [0.25, 0.3) is 10.1 Å². The first kappa shape index (κ1) is 14.7. The van der Waals surface area contributed by atoms with Gasteiger partial charge in [0.15, 0.2) is 0 Å². The van der Waals surface area contributed by atoms with Gasteiger partial charge in [0.1, 0.15) is 4.90 Å². The van der Waals surface area contributed by atoms with E-state index in [9.17, 15) is 18.0 Å². The molecule has 1 aromatic rings. The minimum atomic E-state index is -4.97. The fourth-order valence-electron chi connectivity index (χ4n) is 1.15. The largest absolute Gasteiger partial charge is 0.478 e. The molecule has 98 valence electrons. The van der Waals surface area contributed by atoms with Crippen LogP contribution in [0.25, 0.3) is 0 Å². The molecule has 0 aliphatic heterocycles. The zero-order valence-corrected chi connectivity index (χ0v) is 10.5. The molecule has 1 aromatic carbocycles. The second-order valence-electron chi connectivity index (χ2n) is 3.01. The van der Waals surface area contributed by atoms with Gasteiger partial charge in [-0.05, 0) is 6.07 Å². The van der Waals surface area contributed by atoms with Crippen molar-refractivity contribution in [3.05, 3.63) is 27.2 Å². The maximum Gasteiger partial charge on any atom is 0.337 e. The van der Waals surface area contributed by atoms with Crippen molar-refractivity contribution in [2.45, 2.75) is 4.90 Å². The van der Waals surface area contributed by atoms with E-state index in [0.29, 0.717) is 6.07 Å². The Morgan fingerprint density at radius 2 is 1.33 bits per heavy atom. The molecule has 10 heteroatoms. The van der Waals surface area contributed by atoms with Crippen molar-refractivity contribution in [3.63, 3.8) is 0 Å². The van der Waals surface area contributed by atoms with Gasteiger partial charge in [-0.15, -0.1) is 0 Å². The molecule has 0 radical (unpaired) electrons. The van der Waals surface area contributed by atoms with Gasteiger partial charge in [-0.1, -0.05) is 23.2 Å². The Balaban J connectivity index is 3.91. The lowest BCUT2D eigenvalue weighted by Crippen LogP contribution is -2.10. The van der Waals surface area contributed by atoms with Gasteiger partial charge in [0.2, 0.25) is 0 Å². The number of hydrogen-bond donors (Lipinski definition) is 3. The molecule has 0 aromatic heterocycles. The van der Waals surface area contributed by atoms with E-state index in [4.69, 9.17) is 38.0 Å². The van der Waals surface area contributed by atoms with Crippen LogP contribution in [-0.4, -0.2) is 35.1 Å². The van der Waals surface area contributed by atoms with Gasteiger partial charge in [-0.25, -0.2) is 9.59 Å². The second-order valence-corrected chi connectivity index (χ2v) is 5.13. The number of hydrogen-bond acceptors (Lipinski definition) is 4. The first-order chi connectivity index (χ1) is 8.07. The van der Waals surface area contributed by atoms with E-state index in [1.54, 1.807) is 0 Å². The minimum Gasteiger partial charge on any atom is -0.478 e. The van der Waals surface area contributed by atoms with Crippen molar-refractivity contribution >= 4 is 45.3 Å². The summed E-state index contributed by atoms with van der Waals surface area (Å²) in [5.74, 6) is -3.33. The molecule has 0 amide bonds. The monoisotopic (exact) mass is 314 g/mol. The lowest BCUT2D eigenvalue weighted by Gasteiger charge is -2.09. The number of carboxylic acid groups (broad SMARTS) is 2. The molecule has 0 bridgehead atoms. The summed E-state index contributed by atoms with van der Waals surface area (Å²) < 4.78 is 30.9. The van der Waals surface area contributed by atoms with E-state index in [2.05, 4.69) is 0 Å². The molecule has 0 aliphatic carbocycles. The SMILES string of the molecule is O=C(O)c1cc(C(=O)O)c(Cl)c(S(=O)(=O)O)c1Cl. The molecular weight excluding hydrogens is 311 g/mol. The van der Waals surface area contributed by atoms with Crippen molar-refractivity contribution in [3.8, 4) is 0 Å². The predicted octanol–water partition coefficient (Wildman–Crippen LogP) is 1.64. The smallest absolute Gasteiger partial charge is 0.337 e. The normalized spacial score (nSPS) is 11.3. The van der Waals surface area contributed by atoms with Crippen LogP contribution in [0.5, 0.6) is 0 Å². The molecule has 0 saturated carbocycles. The van der Waals surface area contributed by atoms with E-state index in [1.165, 1.54) is 0 Å². The number of carbonyl (C=O) groups is 2. The average molecular weight is 315 g/mol. The second kappa shape index (κ2) is 4.73. The lowest BCUT2D eigenvalue weighted by atomic mass is 10.1. The highest BCUT2D eigenvalue weighted by Gasteiger charge is 2.29. The van der Waals surface area contributed by atoms with Crippen LogP contribution < -0.4 is 0 Å². The van der Waals surface area contributed by atoms with Crippen molar-refractivity contribution in [1.29, 1.82) is 0 Å². The van der Waals surface area contributed by atoms with Crippen LogP contribution >= 0.6 is 23.2 Å². The molecule has 0 fully saturated rings. The zero-order chi connectivity index (χ0) is 14.2. The van der Waals surface area contributed by atoms with E-state index in [-0.39, 0.29) is 0 Å². The van der Waals surface area contributed by atoms with Gasteiger partial charge in [-0.3, -0.25) is 4.55 Å². The predicted molar refractivity (Wildman–Crippen MR) is 60.2 cm³/mol. The number of benzene rings is 1. The Labute approximate surface area is 110 Å². The molecule has 0 aliphatic rings. The molecule has 0 saturated heterocycles. The minimum absolute atomic E-state index is 0.601. The Bertz CT molecular complexity index is 612. The molecule has 0 unspecified atom stereocenters. The third kappa shape index (κ3) is 2.56. The number of carboxylic acids is 2. The van der Waals surface area contributed by atoms with E-state index < -0.39 is 48.1 Å². The third-order valence-electron chi connectivity index (χ3n) is 1.88. The molecular formula is C8H4Cl2O7S. The molecule has 3 N–H and O–H groups in total. The number of rotatable bonds is 3. The number of aromatic carboxylic acids is 2. The summed E-state index contributed by atoms with van der Waals surface area (Å²) >= 11 is 10.9. The Hall–Kier alpha value is -1.35. The van der Waals surface area contributed by atoms with Gasteiger partial charge >= 0.3 is 11.9 Å². The summed E-state index contributed by atoms with van der Waals surface area (Å²) in [5, 5.41) is 15.8. The molecule has 18 heavy (non-hydrogen) atoms. The molecule has 7 nitrogen and oxygen atoms in total. The summed E-state index contributed by atoms with van der Waals surface area (Å²) in [6.45, 7) is 0. The van der Waals surface area contributed by atoms with Crippen molar-refractivity contribution in [2.75, 3.05) is 0 Å². The fourth-order valence-corrected chi connectivity index (χ4v) is 2.92. The van der Waals surface area contributed by atoms with Crippen LogP contribution in [0, 0.1) is 0 Å². The Morgan fingerprint density at radius 3 is 1.56 bits per heavy atom. The van der Waals surface area contributed by atoms with Gasteiger partial charge in [0, 0.05) is 0 Å². The summed E-state index contributed by atoms with van der Waals surface area (Å²) in [6, 6.07) is 0.601. The third-order valence-corrected chi connectivity index (χ3v) is 3.81. The maximum absolute atomic E-state index is 11.0. The quantitative estimate of drug-likeness (QED) is 0.723. The molecule has 1 rings (SSSR count). The average Bonchev–Trinajstić information content (AvgIpc) is 2.13. The topological polar surface area (TPSA) is 129 Å². The van der Waals surface area contributed by atoms with Crippen molar-refractivity contribution in [2.24, 2.45) is 0 Å². The zero-order valence-electron chi connectivity index (χ0n) is 8.22. The Kier molecular flexibility index (Phi) is 3.86. The number of halogens is 2. The molecule has 0 spiro atoms. The summed E-state index contributed by atoms with van der Waals surface area (Å²) in [7, 11) is -4.97. The van der Waals surface area contributed by atoms with Crippen molar-refractivity contribution < 1.29 is 32.8 Å². The van der Waals surface area contributed by atoms with Crippen LogP contribution in [0.15, 0.2) is 11.0 Å². The van der Waals surface area contributed by atoms with Crippen LogP contribution in [0.3, 0.4) is 0 Å². The van der Waals surface area contributed by atoms with Crippen LogP contribution in [0.4, 0.5) is 0 Å². The molecule has 0 atom stereocenters. The van der Waals surface area contributed by atoms with Crippen LogP contribution in [-0.2, 0) is 10.1 Å². The standard InChI is InChI=1S/C8H4Cl2O7S/c9-4-2(7(11)12)1-3(8(13)14)5(10)6(4)18(15,16)17/h1H,(H,11,12)(H,13,14)(H,15,16,17). The van der Waals surface area contributed by atoms with Gasteiger partial charge in [0.05, 0.1) is 21.2 Å². The van der Waals surface area contributed by atoms with Crippen LogP contribution in [0.2, 0.25) is 10.0 Å². The first-order valence-electron chi connectivity index (χ1n) is 4.03. The summed E-state index contributed by atoms with van der Waals surface area (Å²) in [4.78, 5) is 20.4. The van der Waals surface area contributed by atoms with E-state index in [0.717, 1.165) is 0 Å². The van der Waals surface area contributed by atoms with Crippen LogP contribution in [0.1, 0.15) is 20.7 Å². The summed E-state index contributed by atoms with van der Waals surface area (Å²) in [5.41, 5.74) is -1.60. The maximum atomic E-state index is 11.0. The summed E-state index contributed by atoms with van der Waals surface area (Å²) in [6.07, 6.45) is 0. The van der Waals surface area contributed by atoms with Gasteiger partial charge < -0.3 is 10.2 Å². The molecule has 0 heterocycles. The Morgan fingerprint density at radius 1 is 1.00 bits per heavy atom. The van der Waals surface area contributed by atoms with E-state index in [1.807, 2.05) is 0 Å². The highest BCUT2D eigenvalue weighted by atomic mass is 35.5. The van der Waals surface area contributed by atoms with E-state index >= 15 is 0 Å². The highest BCUT2D eigenvalue weighted by Crippen LogP contribution is 2.35. The fraction of sp³-hybridized carbons (Fsp3) is 0. The lowest BCUT2D eigenvalue weighted by molar-refractivity contribution is 0.0696. The first-order valence-corrected chi connectivity index (χ1v) is 6.23. The highest BCUT2D eigenvalue weighted by molar-refractivity contribution is 7.86. The van der Waals surface area contributed by atoms with Crippen molar-refractivity contribution in [1.82, 2.24) is 0 Å².